The van der Waals surface area contributed by atoms with Gasteiger partial charge in [-0.25, -0.2) is 4.79 Å². The molecule has 0 spiro atoms. The predicted octanol–water partition coefficient (Wildman–Crippen LogP) is 7.76. The van der Waals surface area contributed by atoms with Crippen LogP contribution in [-0.4, -0.2) is 15.5 Å². The molecule has 1 N–H and O–H groups in total. The molecule has 0 bridgehead atoms. The minimum absolute atomic E-state index is 0.231. The van der Waals surface area contributed by atoms with Crippen molar-refractivity contribution in [2.45, 2.75) is 38.5 Å². The van der Waals surface area contributed by atoms with Crippen LogP contribution in [0.2, 0.25) is 0 Å². The number of benzene rings is 3. The zero-order valence-corrected chi connectivity index (χ0v) is 20.0. The number of hydrogen-bond donors (Lipinski definition) is 1. The van der Waals surface area contributed by atoms with E-state index in [1.54, 1.807) is 4.90 Å². The minimum Gasteiger partial charge on any atom is -0.318 e. The van der Waals surface area contributed by atoms with Gasteiger partial charge in [-0.1, -0.05) is 68.4 Å². The first-order chi connectivity index (χ1) is 17.2. The summed E-state index contributed by atoms with van der Waals surface area (Å²) in [4.78, 5) is 15.3. The van der Waals surface area contributed by atoms with Crippen molar-refractivity contribution in [1.82, 2.24) is 9.47 Å². The van der Waals surface area contributed by atoms with Crippen LogP contribution in [0, 0.1) is 0 Å². The Morgan fingerprint density at radius 2 is 1.61 bits per heavy atom. The molecule has 4 nitrogen and oxygen atoms in total. The second kappa shape index (κ2) is 9.22. The van der Waals surface area contributed by atoms with Gasteiger partial charge in [0, 0.05) is 11.9 Å². The van der Waals surface area contributed by atoms with Gasteiger partial charge in [0.25, 0.3) is 0 Å². The summed E-state index contributed by atoms with van der Waals surface area (Å²) in [5, 5.41) is 2.56. The predicted molar refractivity (Wildman–Crippen MR) is 134 cm³/mol. The third-order valence-electron chi connectivity index (χ3n) is 6.62. The van der Waals surface area contributed by atoms with Crippen molar-refractivity contribution in [3.8, 4) is 5.69 Å². The quantitative estimate of drug-likeness (QED) is 0.314. The van der Waals surface area contributed by atoms with E-state index in [1.165, 1.54) is 23.8 Å². The highest BCUT2D eigenvalue weighted by molar-refractivity contribution is 5.91. The monoisotopic (exact) mass is 489 g/mol. The van der Waals surface area contributed by atoms with Crippen molar-refractivity contribution in [2.24, 2.45) is 0 Å². The van der Waals surface area contributed by atoms with Crippen LogP contribution in [0.15, 0.2) is 91.1 Å². The topological polar surface area (TPSA) is 37.3 Å². The second-order valence-corrected chi connectivity index (χ2v) is 9.26. The first kappa shape index (κ1) is 23.7. The molecule has 36 heavy (non-hydrogen) atoms. The number of nitrogens with zero attached hydrogens (tertiary/aromatic N) is 2. The van der Waals surface area contributed by atoms with Crippen LogP contribution in [0.5, 0.6) is 0 Å². The van der Waals surface area contributed by atoms with Gasteiger partial charge in [0.05, 0.1) is 29.5 Å². The van der Waals surface area contributed by atoms with Crippen molar-refractivity contribution in [2.75, 3.05) is 5.32 Å². The summed E-state index contributed by atoms with van der Waals surface area (Å²) in [6.07, 6.45) is -2.64. The highest BCUT2D eigenvalue weighted by Gasteiger charge is 2.36. The van der Waals surface area contributed by atoms with Crippen molar-refractivity contribution in [3.05, 3.63) is 119 Å². The fourth-order valence-electron chi connectivity index (χ4n) is 4.78. The van der Waals surface area contributed by atoms with Crippen molar-refractivity contribution < 1.29 is 18.0 Å². The third kappa shape index (κ3) is 4.37. The molecule has 1 atom stereocenters. The number of urea groups is 1. The van der Waals surface area contributed by atoms with Gasteiger partial charge in [0.15, 0.2) is 0 Å². The van der Waals surface area contributed by atoms with Crippen LogP contribution in [0.4, 0.5) is 23.7 Å². The maximum Gasteiger partial charge on any atom is 0.418 e. The largest absolute Gasteiger partial charge is 0.418 e. The Hall–Kier alpha value is -4.00. The molecule has 7 heteroatoms. The second-order valence-electron chi connectivity index (χ2n) is 9.26. The summed E-state index contributed by atoms with van der Waals surface area (Å²) in [7, 11) is 0. The first-order valence-corrected chi connectivity index (χ1v) is 11.8. The molecule has 0 saturated heterocycles. The molecule has 2 heterocycles. The molecule has 0 radical (unpaired) electrons. The van der Waals surface area contributed by atoms with Crippen LogP contribution in [0.1, 0.15) is 53.8 Å². The Bertz CT molecular complexity index is 1390. The van der Waals surface area contributed by atoms with Gasteiger partial charge in [0.1, 0.15) is 0 Å². The molecule has 1 aromatic heterocycles. The van der Waals surface area contributed by atoms with Gasteiger partial charge in [-0.2, -0.15) is 13.2 Å². The van der Waals surface area contributed by atoms with E-state index in [4.69, 9.17) is 0 Å². The SMILES string of the molecule is CC(C)c1ccc(C2c3cccn3-c3ccccc3CN2C(=O)Nc2ccccc2C(F)(F)F)cc1. The maximum atomic E-state index is 13.7. The van der Waals surface area contributed by atoms with Crippen LogP contribution in [0.25, 0.3) is 5.69 Å². The normalized spacial score (nSPS) is 15.3. The maximum absolute atomic E-state index is 13.7. The number of carbonyl (C=O) groups is 1. The number of aromatic nitrogens is 1. The van der Waals surface area contributed by atoms with Gasteiger partial charge >= 0.3 is 12.2 Å². The lowest BCUT2D eigenvalue weighted by atomic mass is 9.97. The number of alkyl halides is 3. The highest BCUT2D eigenvalue weighted by Crippen LogP contribution is 2.39. The smallest absolute Gasteiger partial charge is 0.318 e. The van der Waals surface area contributed by atoms with Crippen LogP contribution < -0.4 is 5.32 Å². The summed E-state index contributed by atoms with van der Waals surface area (Å²) >= 11 is 0. The van der Waals surface area contributed by atoms with E-state index in [9.17, 15) is 18.0 Å². The Balaban J connectivity index is 1.62. The van der Waals surface area contributed by atoms with Crippen LogP contribution in [-0.2, 0) is 12.7 Å². The fraction of sp³-hybridized carbons (Fsp3) is 0.207. The molecule has 1 aliphatic heterocycles. The molecule has 4 aromatic rings. The van der Waals surface area contributed by atoms with E-state index in [1.807, 2.05) is 71.4 Å². The summed E-state index contributed by atoms with van der Waals surface area (Å²) < 4.78 is 43.0. The molecule has 3 aromatic carbocycles. The molecule has 0 saturated carbocycles. The number of hydrogen-bond acceptors (Lipinski definition) is 1. The Morgan fingerprint density at radius 1 is 0.917 bits per heavy atom. The number of para-hydroxylation sites is 2. The summed E-state index contributed by atoms with van der Waals surface area (Å²) in [6, 6.07) is 23.6. The highest BCUT2D eigenvalue weighted by atomic mass is 19.4. The lowest BCUT2D eigenvalue weighted by Gasteiger charge is -2.31. The zero-order chi connectivity index (χ0) is 25.4. The third-order valence-corrected chi connectivity index (χ3v) is 6.62. The van der Waals surface area contributed by atoms with E-state index in [0.29, 0.717) is 5.92 Å². The van der Waals surface area contributed by atoms with E-state index in [-0.39, 0.29) is 12.2 Å². The average Bonchev–Trinajstić information content (AvgIpc) is 3.28. The van der Waals surface area contributed by atoms with E-state index in [0.717, 1.165) is 28.6 Å². The van der Waals surface area contributed by atoms with Gasteiger partial charge in [-0.05, 0) is 52.9 Å². The standard InChI is InChI=1S/C29H26F3N3O/c1-19(2)20-13-15-21(16-14-20)27-26-12-7-17-34(26)25-11-6-3-8-22(25)18-35(27)28(36)33-24-10-5-4-9-23(24)29(30,31)32/h3-17,19,27H,18H2,1-2H3,(H,33,36). The van der Waals surface area contributed by atoms with Gasteiger partial charge < -0.3 is 14.8 Å². The lowest BCUT2D eigenvalue weighted by molar-refractivity contribution is -0.136. The van der Waals surface area contributed by atoms with Crippen LogP contribution in [0.3, 0.4) is 0 Å². The molecule has 0 fully saturated rings. The molecule has 0 aliphatic carbocycles. The van der Waals surface area contributed by atoms with E-state index < -0.39 is 23.8 Å². The lowest BCUT2D eigenvalue weighted by Crippen LogP contribution is -2.38. The fourth-order valence-corrected chi connectivity index (χ4v) is 4.78. The summed E-state index contributed by atoms with van der Waals surface area (Å²) in [5.74, 6) is 0.347. The number of rotatable bonds is 3. The number of nitrogens with one attached hydrogen (secondary N) is 1. The van der Waals surface area contributed by atoms with E-state index >= 15 is 0 Å². The number of anilines is 1. The average molecular weight is 490 g/mol. The zero-order valence-electron chi connectivity index (χ0n) is 20.0. The number of fused-ring (bicyclic) bond motifs is 3. The van der Waals surface area contributed by atoms with Gasteiger partial charge in [-0.3, -0.25) is 0 Å². The molecular weight excluding hydrogens is 463 g/mol. The van der Waals surface area contributed by atoms with Gasteiger partial charge in [-0.15, -0.1) is 0 Å². The minimum atomic E-state index is -4.59. The summed E-state index contributed by atoms with van der Waals surface area (Å²) in [6.45, 7) is 4.45. The number of amides is 2. The molecule has 1 aliphatic rings. The first-order valence-electron chi connectivity index (χ1n) is 11.8. The summed E-state index contributed by atoms with van der Waals surface area (Å²) in [5.41, 5.74) is 3.60. The van der Waals surface area contributed by atoms with Crippen molar-refractivity contribution in [3.63, 3.8) is 0 Å². The van der Waals surface area contributed by atoms with Crippen molar-refractivity contribution in [1.29, 1.82) is 0 Å². The van der Waals surface area contributed by atoms with Gasteiger partial charge in [0.2, 0.25) is 0 Å². The Kier molecular flexibility index (Phi) is 6.08. The molecule has 2 amide bonds. The number of carbonyl (C=O) groups excluding carboxylic acids is 1. The van der Waals surface area contributed by atoms with Crippen LogP contribution >= 0.6 is 0 Å². The Morgan fingerprint density at radius 3 is 2.33 bits per heavy atom. The Labute approximate surface area is 208 Å². The molecule has 1 unspecified atom stereocenters. The van der Waals surface area contributed by atoms with Crippen molar-refractivity contribution >= 4 is 11.7 Å². The van der Waals surface area contributed by atoms with E-state index in [2.05, 4.69) is 19.2 Å². The molecular formula is C29H26F3N3O. The number of halogens is 3. The molecule has 5 rings (SSSR count). The molecule has 184 valence electrons.